The summed E-state index contributed by atoms with van der Waals surface area (Å²) in [4.78, 5) is 0. The number of aliphatic hydroxyl groups is 2. The highest BCUT2D eigenvalue weighted by Crippen LogP contribution is 2.25. The van der Waals surface area contributed by atoms with Crippen molar-refractivity contribution in [2.75, 3.05) is 18.9 Å². The first kappa shape index (κ1) is 12.0. The van der Waals surface area contributed by atoms with Crippen molar-refractivity contribution in [3.8, 4) is 0 Å². The van der Waals surface area contributed by atoms with Gasteiger partial charge in [0.15, 0.2) is 0 Å². The van der Waals surface area contributed by atoms with Crippen molar-refractivity contribution in [3.05, 3.63) is 28.3 Å². The van der Waals surface area contributed by atoms with Gasteiger partial charge < -0.3 is 15.9 Å². The summed E-state index contributed by atoms with van der Waals surface area (Å²) in [5.41, 5.74) is 11.0. The average Bonchev–Trinajstić information content (AvgIpc) is 2.20. The molecule has 84 valence electrons. The molecule has 0 radical (unpaired) electrons. The Balaban J connectivity index is 3.26. The maximum Gasteiger partial charge on any atom is 0.0472 e. The van der Waals surface area contributed by atoms with Crippen LogP contribution in [-0.4, -0.2) is 23.4 Å². The van der Waals surface area contributed by atoms with E-state index in [1.165, 1.54) is 5.56 Å². The van der Waals surface area contributed by atoms with Gasteiger partial charge in [-0.1, -0.05) is 0 Å². The summed E-state index contributed by atoms with van der Waals surface area (Å²) in [6.07, 6.45) is 1.16. The number of anilines is 1. The van der Waals surface area contributed by atoms with Gasteiger partial charge in [-0.25, -0.2) is 0 Å². The smallest absolute Gasteiger partial charge is 0.0472 e. The van der Waals surface area contributed by atoms with Crippen LogP contribution in [-0.2, 0) is 12.8 Å². The third kappa shape index (κ3) is 2.49. The highest BCUT2D eigenvalue weighted by atomic mass is 16.3. The Morgan fingerprint density at radius 2 is 1.60 bits per heavy atom. The zero-order valence-corrected chi connectivity index (χ0v) is 9.38. The lowest BCUT2D eigenvalue weighted by atomic mass is 9.92. The van der Waals surface area contributed by atoms with E-state index in [0.717, 1.165) is 22.4 Å². The van der Waals surface area contributed by atoms with Gasteiger partial charge in [-0.2, -0.15) is 0 Å². The van der Waals surface area contributed by atoms with Crippen LogP contribution >= 0.6 is 0 Å². The highest BCUT2D eigenvalue weighted by molar-refractivity contribution is 5.57. The van der Waals surface area contributed by atoms with Crippen LogP contribution in [0.3, 0.4) is 0 Å². The Morgan fingerprint density at radius 1 is 1.07 bits per heavy atom. The molecule has 0 bridgehead atoms. The van der Waals surface area contributed by atoms with E-state index in [0.29, 0.717) is 12.8 Å². The van der Waals surface area contributed by atoms with Crippen LogP contribution in [0.5, 0.6) is 0 Å². The number of nitrogens with two attached hydrogens (primary N) is 1. The van der Waals surface area contributed by atoms with Gasteiger partial charge in [0, 0.05) is 18.9 Å². The topological polar surface area (TPSA) is 66.5 Å². The second-order valence-electron chi connectivity index (χ2n) is 3.81. The highest BCUT2D eigenvalue weighted by Gasteiger charge is 2.11. The van der Waals surface area contributed by atoms with Crippen molar-refractivity contribution in [1.29, 1.82) is 0 Å². The lowest BCUT2D eigenvalue weighted by Gasteiger charge is -2.16. The Hall–Kier alpha value is -1.06. The standard InChI is InChI=1S/C12H19NO2/c1-8-7-12(13)11(4-6-15)10(3-5-14)9(8)2/h7,14-15H,3-6,13H2,1-2H3. The summed E-state index contributed by atoms with van der Waals surface area (Å²) in [7, 11) is 0. The summed E-state index contributed by atoms with van der Waals surface area (Å²) in [5, 5.41) is 18.0. The molecule has 1 aromatic carbocycles. The van der Waals surface area contributed by atoms with Gasteiger partial charge in [0.2, 0.25) is 0 Å². The molecule has 0 atom stereocenters. The predicted octanol–water partition coefficient (Wildman–Crippen LogP) is 0.955. The molecule has 0 heterocycles. The van der Waals surface area contributed by atoms with Crippen LogP contribution in [0, 0.1) is 13.8 Å². The minimum absolute atomic E-state index is 0.0884. The van der Waals surface area contributed by atoms with Gasteiger partial charge in [-0.3, -0.25) is 0 Å². The van der Waals surface area contributed by atoms with E-state index >= 15 is 0 Å². The van der Waals surface area contributed by atoms with Crippen LogP contribution in [0.2, 0.25) is 0 Å². The van der Waals surface area contributed by atoms with Crippen molar-refractivity contribution < 1.29 is 10.2 Å². The maximum absolute atomic E-state index is 9.02. The van der Waals surface area contributed by atoms with Crippen LogP contribution in [0.15, 0.2) is 6.07 Å². The van der Waals surface area contributed by atoms with Crippen LogP contribution in [0.25, 0.3) is 0 Å². The van der Waals surface area contributed by atoms with Crippen LogP contribution in [0.4, 0.5) is 5.69 Å². The Bertz CT molecular complexity index is 348. The average molecular weight is 209 g/mol. The fraction of sp³-hybridized carbons (Fsp3) is 0.500. The van der Waals surface area contributed by atoms with Gasteiger partial charge in [0.05, 0.1) is 0 Å². The quantitative estimate of drug-likeness (QED) is 0.647. The van der Waals surface area contributed by atoms with Gasteiger partial charge >= 0.3 is 0 Å². The molecule has 0 amide bonds. The molecule has 1 rings (SSSR count). The minimum atomic E-state index is 0.0884. The van der Waals surface area contributed by atoms with Crippen LogP contribution < -0.4 is 5.73 Å². The first-order chi connectivity index (χ1) is 7.11. The fourth-order valence-electron chi connectivity index (χ4n) is 1.92. The van der Waals surface area contributed by atoms with E-state index < -0.39 is 0 Å². The largest absolute Gasteiger partial charge is 0.398 e. The molecule has 4 N–H and O–H groups in total. The lowest BCUT2D eigenvalue weighted by Crippen LogP contribution is -2.08. The molecule has 0 aromatic heterocycles. The van der Waals surface area contributed by atoms with Crippen molar-refractivity contribution in [3.63, 3.8) is 0 Å². The molecule has 0 fully saturated rings. The normalized spacial score (nSPS) is 10.7. The molecule has 1 aromatic rings. The molecule has 0 aliphatic carbocycles. The Labute approximate surface area is 90.5 Å². The molecule has 0 unspecified atom stereocenters. The summed E-state index contributed by atoms with van der Waals surface area (Å²) < 4.78 is 0. The lowest BCUT2D eigenvalue weighted by molar-refractivity contribution is 0.293. The van der Waals surface area contributed by atoms with E-state index in [9.17, 15) is 0 Å². The first-order valence-corrected chi connectivity index (χ1v) is 5.21. The molecule has 0 saturated heterocycles. The van der Waals surface area contributed by atoms with E-state index in [-0.39, 0.29) is 13.2 Å². The minimum Gasteiger partial charge on any atom is -0.398 e. The molecule has 3 nitrogen and oxygen atoms in total. The molecule has 15 heavy (non-hydrogen) atoms. The third-order valence-electron chi connectivity index (χ3n) is 2.85. The van der Waals surface area contributed by atoms with Gasteiger partial charge in [0.1, 0.15) is 0 Å². The van der Waals surface area contributed by atoms with Crippen molar-refractivity contribution in [1.82, 2.24) is 0 Å². The molecular weight excluding hydrogens is 190 g/mol. The van der Waals surface area contributed by atoms with Crippen molar-refractivity contribution in [2.45, 2.75) is 26.7 Å². The first-order valence-electron chi connectivity index (χ1n) is 5.21. The van der Waals surface area contributed by atoms with E-state index in [1.807, 2.05) is 19.9 Å². The van der Waals surface area contributed by atoms with E-state index in [1.54, 1.807) is 0 Å². The fourth-order valence-corrected chi connectivity index (χ4v) is 1.92. The molecule has 0 saturated carbocycles. The molecule has 0 spiro atoms. The van der Waals surface area contributed by atoms with Crippen molar-refractivity contribution in [2.24, 2.45) is 0 Å². The van der Waals surface area contributed by atoms with E-state index in [4.69, 9.17) is 15.9 Å². The summed E-state index contributed by atoms with van der Waals surface area (Å²) >= 11 is 0. The number of hydrogen-bond acceptors (Lipinski definition) is 3. The Kier molecular flexibility index (Phi) is 4.12. The predicted molar refractivity (Wildman–Crippen MR) is 61.9 cm³/mol. The zero-order valence-electron chi connectivity index (χ0n) is 9.38. The second-order valence-corrected chi connectivity index (χ2v) is 3.81. The van der Waals surface area contributed by atoms with E-state index in [2.05, 4.69) is 0 Å². The van der Waals surface area contributed by atoms with Crippen LogP contribution in [0.1, 0.15) is 22.3 Å². The summed E-state index contributed by atoms with van der Waals surface area (Å²) in [6, 6.07) is 1.93. The molecular formula is C12H19NO2. The number of benzene rings is 1. The molecule has 0 aliphatic heterocycles. The second kappa shape index (κ2) is 5.14. The molecule has 0 aliphatic rings. The number of hydrogen-bond donors (Lipinski definition) is 3. The SMILES string of the molecule is Cc1cc(N)c(CCO)c(CCO)c1C. The number of rotatable bonds is 4. The summed E-state index contributed by atoms with van der Waals surface area (Å²) in [5.74, 6) is 0. The number of aryl methyl sites for hydroxylation is 1. The Morgan fingerprint density at radius 3 is 2.13 bits per heavy atom. The number of nitrogen functional groups attached to an aromatic ring is 1. The van der Waals surface area contributed by atoms with Gasteiger partial charge in [-0.05, 0) is 55.0 Å². The maximum atomic E-state index is 9.02. The van der Waals surface area contributed by atoms with Gasteiger partial charge in [0.25, 0.3) is 0 Å². The molecule has 3 heteroatoms. The zero-order chi connectivity index (χ0) is 11.4. The third-order valence-corrected chi connectivity index (χ3v) is 2.85. The monoisotopic (exact) mass is 209 g/mol. The number of aliphatic hydroxyl groups excluding tert-OH is 2. The van der Waals surface area contributed by atoms with Gasteiger partial charge in [-0.15, -0.1) is 0 Å². The van der Waals surface area contributed by atoms with Crippen molar-refractivity contribution >= 4 is 5.69 Å². The summed E-state index contributed by atoms with van der Waals surface area (Å²) in [6.45, 7) is 4.24.